The summed E-state index contributed by atoms with van der Waals surface area (Å²) in [6.07, 6.45) is 7.08. The van der Waals surface area contributed by atoms with E-state index in [1.54, 1.807) is 0 Å². The van der Waals surface area contributed by atoms with Crippen LogP contribution in [0.1, 0.15) is 47.5 Å². The zero-order valence-electron chi connectivity index (χ0n) is 11.3. The van der Waals surface area contributed by atoms with Crippen molar-refractivity contribution in [1.82, 2.24) is 0 Å². The quantitative estimate of drug-likeness (QED) is 0.526. The van der Waals surface area contributed by atoms with E-state index in [1.807, 2.05) is 0 Å². The standard InChI is InChI=1S/C12H27B.Li/c1-6-7-8-13(9-11(2)3)10-12(4)5;/h11-12H,6-10H2,1-5H3;. The van der Waals surface area contributed by atoms with Gasteiger partial charge in [-0.1, -0.05) is 78.3 Å². The zero-order chi connectivity index (χ0) is 10.3. The van der Waals surface area contributed by atoms with E-state index in [-0.39, 0.29) is 18.9 Å². The third-order valence-electron chi connectivity index (χ3n) is 2.58. The van der Waals surface area contributed by atoms with Crippen LogP contribution < -0.4 is 0 Å². The summed E-state index contributed by atoms with van der Waals surface area (Å²) in [5, 5.41) is 0. The molecule has 0 bridgehead atoms. The summed E-state index contributed by atoms with van der Waals surface area (Å²) in [4.78, 5) is 0. The number of hydrogen-bond acceptors (Lipinski definition) is 0. The van der Waals surface area contributed by atoms with Crippen LogP contribution in [0.2, 0.25) is 19.0 Å². The molecule has 0 heterocycles. The van der Waals surface area contributed by atoms with E-state index in [4.69, 9.17) is 0 Å². The Bertz CT molecular complexity index is 103. The van der Waals surface area contributed by atoms with Gasteiger partial charge in [-0.15, -0.1) is 0 Å². The normalized spacial score (nSPS) is 10.5. The summed E-state index contributed by atoms with van der Waals surface area (Å²) in [5.74, 6) is 1.75. The molecule has 0 aromatic carbocycles. The molecule has 0 fully saturated rings. The number of rotatable bonds is 7. The number of hydrogen-bond donors (Lipinski definition) is 0. The molecule has 0 saturated carbocycles. The zero-order valence-corrected chi connectivity index (χ0v) is 11.3. The molecular weight excluding hydrogens is 162 g/mol. The fraction of sp³-hybridized carbons (Fsp3) is 1.00. The van der Waals surface area contributed by atoms with Crippen molar-refractivity contribution in [3.05, 3.63) is 0 Å². The Balaban J connectivity index is 0. The fourth-order valence-electron chi connectivity index (χ4n) is 2.16. The van der Waals surface area contributed by atoms with Gasteiger partial charge in [-0.2, -0.15) is 0 Å². The predicted octanol–water partition coefficient (Wildman–Crippen LogP) is 4.21. The van der Waals surface area contributed by atoms with Crippen LogP contribution >= 0.6 is 0 Å². The molecule has 14 heavy (non-hydrogen) atoms. The first-order valence-corrected chi connectivity index (χ1v) is 6.06. The van der Waals surface area contributed by atoms with Gasteiger partial charge in [-0.25, -0.2) is 0 Å². The van der Waals surface area contributed by atoms with Crippen molar-refractivity contribution < 1.29 is 0 Å². The van der Waals surface area contributed by atoms with Gasteiger partial charge in [0.25, 0.3) is 0 Å². The molecule has 0 aliphatic rings. The second-order valence-electron chi connectivity index (χ2n) is 5.27. The van der Waals surface area contributed by atoms with Crippen molar-refractivity contribution in [3.8, 4) is 0 Å². The van der Waals surface area contributed by atoms with E-state index >= 15 is 0 Å². The maximum Gasteiger partial charge on any atom is 0.140 e. The van der Waals surface area contributed by atoms with Gasteiger partial charge in [0.15, 0.2) is 0 Å². The third-order valence-corrected chi connectivity index (χ3v) is 2.58. The van der Waals surface area contributed by atoms with Crippen molar-refractivity contribution in [2.45, 2.75) is 66.4 Å². The molecule has 0 rings (SSSR count). The van der Waals surface area contributed by atoms with Gasteiger partial charge in [-0.05, 0) is 0 Å². The van der Waals surface area contributed by atoms with Gasteiger partial charge in [0, 0.05) is 18.9 Å². The van der Waals surface area contributed by atoms with Crippen LogP contribution in [0.15, 0.2) is 0 Å². The van der Waals surface area contributed by atoms with Gasteiger partial charge in [-0.3, -0.25) is 0 Å². The summed E-state index contributed by atoms with van der Waals surface area (Å²) in [7, 11) is 0. The van der Waals surface area contributed by atoms with Crippen molar-refractivity contribution in [2.75, 3.05) is 0 Å². The minimum atomic E-state index is 0. The summed E-state index contributed by atoms with van der Waals surface area (Å²) in [6, 6.07) is 0. The van der Waals surface area contributed by atoms with Crippen LogP contribution in [0.5, 0.6) is 0 Å². The van der Waals surface area contributed by atoms with Gasteiger partial charge < -0.3 is 0 Å². The van der Waals surface area contributed by atoms with Crippen molar-refractivity contribution in [3.63, 3.8) is 0 Å². The first-order valence-electron chi connectivity index (χ1n) is 6.06. The molecule has 0 aliphatic carbocycles. The third kappa shape index (κ3) is 10.7. The summed E-state index contributed by atoms with van der Waals surface area (Å²) in [6.45, 7) is 12.7. The SMILES string of the molecule is CCCCB(CC(C)C)CC(C)C.[Li]. The summed E-state index contributed by atoms with van der Waals surface area (Å²) < 4.78 is 0. The van der Waals surface area contributed by atoms with Gasteiger partial charge >= 0.3 is 0 Å². The molecule has 0 nitrogen and oxygen atoms in total. The molecule has 1 radical (unpaired) electrons. The van der Waals surface area contributed by atoms with E-state index in [2.05, 4.69) is 34.6 Å². The molecule has 2 heteroatoms. The van der Waals surface area contributed by atoms with E-state index in [0.29, 0.717) is 0 Å². The molecule has 0 aliphatic heterocycles. The van der Waals surface area contributed by atoms with Crippen molar-refractivity contribution in [2.24, 2.45) is 11.8 Å². The molecule has 0 aromatic heterocycles. The van der Waals surface area contributed by atoms with Crippen LogP contribution in [0.25, 0.3) is 0 Å². The molecule has 79 valence electrons. The Morgan fingerprint density at radius 2 is 1.36 bits per heavy atom. The Morgan fingerprint density at radius 1 is 0.929 bits per heavy atom. The number of unbranched alkanes of at least 4 members (excludes halogenated alkanes) is 1. The van der Waals surface area contributed by atoms with Crippen LogP contribution in [0.3, 0.4) is 0 Å². The molecule has 0 amide bonds. The molecule has 0 spiro atoms. The van der Waals surface area contributed by atoms with Gasteiger partial charge in [0.2, 0.25) is 0 Å². The molecule has 0 atom stereocenters. The van der Waals surface area contributed by atoms with Crippen molar-refractivity contribution >= 4 is 25.6 Å². The monoisotopic (exact) mass is 189 g/mol. The molecule has 0 N–H and O–H groups in total. The second-order valence-corrected chi connectivity index (χ2v) is 5.27. The molecular formula is C12H27BLi. The maximum absolute atomic E-state index is 2.35. The van der Waals surface area contributed by atoms with Crippen LogP contribution in [0, 0.1) is 11.8 Å². The van der Waals surface area contributed by atoms with E-state index in [0.717, 1.165) is 18.5 Å². The summed E-state index contributed by atoms with van der Waals surface area (Å²) in [5.41, 5.74) is 0. The van der Waals surface area contributed by atoms with E-state index in [9.17, 15) is 0 Å². The largest absolute Gasteiger partial charge is 0.140 e. The van der Waals surface area contributed by atoms with Crippen LogP contribution in [-0.2, 0) is 0 Å². The summed E-state index contributed by atoms with van der Waals surface area (Å²) >= 11 is 0. The fourth-order valence-corrected chi connectivity index (χ4v) is 2.16. The van der Waals surface area contributed by atoms with Gasteiger partial charge in [0.1, 0.15) is 6.71 Å². The Labute approximate surface area is 104 Å². The minimum absolute atomic E-state index is 0. The molecule has 0 saturated heterocycles. The molecule has 0 unspecified atom stereocenters. The second kappa shape index (κ2) is 10.2. The molecule has 0 aromatic rings. The average Bonchev–Trinajstić information content (AvgIpc) is 1.98. The Morgan fingerprint density at radius 3 is 1.64 bits per heavy atom. The smallest absolute Gasteiger partial charge is 0.0741 e. The first kappa shape index (κ1) is 17.1. The van der Waals surface area contributed by atoms with Crippen LogP contribution in [0.4, 0.5) is 0 Å². The Kier molecular flexibility index (Phi) is 12.4. The van der Waals surface area contributed by atoms with E-state index in [1.165, 1.54) is 31.8 Å². The van der Waals surface area contributed by atoms with Gasteiger partial charge in [0.05, 0.1) is 0 Å². The maximum atomic E-state index is 2.35. The van der Waals surface area contributed by atoms with E-state index < -0.39 is 0 Å². The first-order chi connectivity index (χ1) is 6.06. The topological polar surface area (TPSA) is 0 Å². The Hall–Kier alpha value is 0.662. The predicted molar refractivity (Wildman–Crippen MR) is 70.5 cm³/mol. The van der Waals surface area contributed by atoms with Crippen LogP contribution in [-0.4, -0.2) is 25.6 Å². The average molecular weight is 189 g/mol. The minimum Gasteiger partial charge on any atom is -0.0741 e. The van der Waals surface area contributed by atoms with Crippen molar-refractivity contribution in [1.29, 1.82) is 0 Å².